The normalized spacial score (nSPS) is 11.6. The van der Waals surface area contributed by atoms with Crippen molar-refractivity contribution < 1.29 is 32.5 Å². The van der Waals surface area contributed by atoms with Gasteiger partial charge >= 0.3 is 12.3 Å². The van der Waals surface area contributed by atoms with Crippen LogP contribution in [0.5, 0.6) is 11.5 Å². The predicted molar refractivity (Wildman–Crippen MR) is 101 cm³/mol. The smallest absolute Gasteiger partial charge is 0.507 e. The summed E-state index contributed by atoms with van der Waals surface area (Å²) < 4.78 is 48.1. The highest BCUT2D eigenvalue weighted by Gasteiger charge is 2.31. The summed E-state index contributed by atoms with van der Waals surface area (Å²) in [6.07, 6.45) is -4.75. The average molecular weight is 491 g/mol. The molecule has 0 radical (unpaired) electrons. The molecule has 5 nitrogen and oxygen atoms in total. The van der Waals surface area contributed by atoms with Crippen LogP contribution in [0.1, 0.15) is 10.4 Å². The predicted octanol–water partition coefficient (Wildman–Crippen LogP) is 4.84. The molecule has 142 valence electrons. The highest BCUT2D eigenvalue weighted by molar-refractivity contribution is 14.1. The number of hydrogen-bond acceptors (Lipinski definition) is 4. The molecule has 0 aliphatic heterocycles. The maximum Gasteiger partial charge on any atom is 0.573 e. The second kappa shape index (κ2) is 6.95. The molecule has 0 aliphatic carbocycles. The maximum atomic E-state index is 12.3. The summed E-state index contributed by atoms with van der Waals surface area (Å²) in [6.45, 7) is 0. The lowest BCUT2D eigenvalue weighted by molar-refractivity contribution is -0.274. The van der Waals surface area contributed by atoms with Gasteiger partial charge in [-0.05, 0) is 58.5 Å². The number of aromatic hydroxyl groups is 1. The van der Waals surface area contributed by atoms with Crippen LogP contribution < -0.4 is 4.74 Å². The van der Waals surface area contributed by atoms with Crippen LogP contribution >= 0.6 is 22.6 Å². The zero-order valence-corrected chi connectivity index (χ0v) is 16.3. The SMILES string of the molecule is COC(=O)c1cc2c(I)c(-c3ccc(OC(F)(F)F)cc3)n(C)c2cc1O. The Hall–Kier alpha value is -2.43. The summed E-state index contributed by atoms with van der Waals surface area (Å²) in [6, 6.07) is 8.47. The lowest BCUT2D eigenvalue weighted by Crippen LogP contribution is -2.16. The van der Waals surface area contributed by atoms with Crippen LogP contribution in [0, 0.1) is 3.57 Å². The van der Waals surface area contributed by atoms with Crippen LogP contribution in [0.4, 0.5) is 13.2 Å². The van der Waals surface area contributed by atoms with E-state index in [0.717, 1.165) is 9.26 Å². The summed E-state index contributed by atoms with van der Waals surface area (Å²) >= 11 is 2.09. The molecule has 3 aromatic rings. The number of halogens is 4. The van der Waals surface area contributed by atoms with Gasteiger partial charge in [0.1, 0.15) is 17.1 Å². The monoisotopic (exact) mass is 491 g/mol. The third-order valence-corrected chi connectivity index (χ3v) is 5.11. The fourth-order valence-electron chi connectivity index (χ4n) is 2.83. The first kappa shape index (κ1) is 19.3. The van der Waals surface area contributed by atoms with Crippen molar-refractivity contribution >= 4 is 39.5 Å². The Bertz CT molecular complexity index is 1030. The van der Waals surface area contributed by atoms with E-state index in [1.165, 1.54) is 43.5 Å². The largest absolute Gasteiger partial charge is 0.573 e. The first-order valence-corrected chi connectivity index (χ1v) is 8.65. The summed E-state index contributed by atoms with van der Waals surface area (Å²) in [5.41, 5.74) is 2.08. The van der Waals surface area contributed by atoms with Gasteiger partial charge in [-0.25, -0.2) is 4.79 Å². The van der Waals surface area contributed by atoms with Gasteiger partial charge in [0.05, 0.1) is 18.3 Å². The highest BCUT2D eigenvalue weighted by atomic mass is 127. The van der Waals surface area contributed by atoms with Gasteiger partial charge in [0.15, 0.2) is 0 Å². The molecule has 1 N–H and O–H groups in total. The Labute approximate surface area is 165 Å². The Kier molecular flexibility index (Phi) is 4.98. The number of hydrogen-bond donors (Lipinski definition) is 1. The van der Waals surface area contributed by atoms with Gasteiger partial charge in [-0.15, -0.1) is 13.2 Å². The van der Waals surface area contributed by atoms with Crippen LogP contribution in [-0.2, 0) is 11.8 Å². The maximum absolute atomic E-state index is 12.3. The topological polar surface area (TPSA) is 60.7 Å². The van der Waals surface area contributed by atoms with E-state index in [1.807, 2.05) is 0 Å². The molecule has 2 aromatic carbocycles. The molecule has 0 spiro atoms. The molecule has 0 unspecified atom stereocenters. The number of methoxy groups -OCH3 is 1. The second-order valence-electron chi connectivity index (χ2n) is 5.67. The molecule has 0 amide bonds. The van der Waals surface area contributed by atoms with Crippen molar-refractivity contribution in [2.24, 2.45) is 7.05 Å². The molecule has 1 aromatic heterocycles. The van der Waals surface area contributed by atoms with E-state index in [0.29, 0.717) is 16.5 Å². The number of alkyl halides is 3. The Balaban J connectivity index is 2.11. The number of aryl methyl sites for hydroxylation is 1. The van der Waals surface area contributed by atoms with Gasteiger partial charge in [-0.3, -0.25) is 0 Å². The van der Waals surface area contributed by atoms with Gasteiger partial charge < -0.3 is 19.1 Å². The number of phenols is 1. The Morgan fingerprint density at radius 2 is 1.81 bits per heavy atom. The molecular formula is C18H13F3INO4. The van der Waals surface area contributed by atoms with Gasteiger partial charge in [-0.1, -0.05) is 0 Å². The molecule has 0 atom stereocenters. The molecular weight excluding hydrogens is 478 g/mol. The first-order chi connectivity index (χ1) is 12.6. The minimum atomic E-state index is -4.75. The zero-order valence-electron chi connectivity index (χ0n) is 14.1. The molecule has 0 bridgehead atoms. The van der Waals surface area contributed by atoms with E-state index in [9.17, 15) is 23.1 Å². The quantitative estimate of drug-likeness (QED) is 0.421. The van der Waals surface area contributed by atoms with E-state index >= 15 is 0 Å². The summed E-state index contributed by atoms with van der Waals surface area (Å²) in [4.78, 5) is 11.8. The van der Waals surface area contributed by atoms with Gasteiger partial charge in [-0.2, -0.15) is 0 Å². The van der Waals surface area contributed by atoms with E-state index in [1.54, 1.807) is 11.6 Å². The molecule has 9 heteroatoms. The van der Waals surface area contributed by atoms with E-state index in [2.05, 4.69) is 32.1 Å². The third kappa shape index (κ3) is 3.68. The van der Waals surface area contributed by atoms with Crippen LogP contribution in [0.2, 0.25) is 0 Å². The van der Waals surface area contributed by atoms with Crippen LogP contribution in [0.25, 0.3) is 22.2 Å². The molecule has 0 fully saturated rings. The number of rotatable bonds is 3. The van der Waals surface area contributed by atoms with Crippen LogP contribution in [-0.4, -0.2) is 29.1 Å². The number of aromatic nitrogens is 1. The van der Waals surface area contributed by atoms with E-state index in [-0.39, 0.29) is 17.1 Å². The van der Waals surface area contributed by atoms with E-state index < -0.39 is 12.3 Å². The number of phenolic OH excluding ortho intramolecular Hbond substituents is 1. The lowest BCUT2D eigenvalue weighted by Gasteiger charge is -2.10. The number of fused-ring (bicyclic) bond motifs is 1. The van der Waals surface area contributed by atoms with Gasteiger partial charge in [0.25, 0.3) is 0 Å². The van der Waals surface area contributed by atoms with E-state index in [4.69, 9.17) is 0 Å². The van der Waals surface area contributed by atoms with Crippen molar-refractivity contribution in [1.82, 2.24) is 4.57 Å². The number of carbonyl (C=O) groups excluding carboxylic acids is 1. The van der Waals surface area contributed by atoms with Crippen molar-refractivity contribution in [2.45, 2.75) is 6.36 Å². The van der Waals surface area contributed by atoms with Crippen molar-refractivity contribution in [2.75, 3.05) is 7.11 Å². The fourth-order valence-corrected chi connectivity index (χ4v) is 3.94. The molecule has 0 saturated carbocycles. The first-order valence-electron chi connectivity index (χ1n) is 7.57. The molecule has 0 saturated heterocycles. The average Bonchev–Trinajstić information content (AvgIpc) is 2.83. The van der Waals surface area contributed by atoms with Crippen LogP contribution in [0.3, 0.4) is 0 Å². The van der Waals surface area contributed by atoms with Crippen LogP contribution in [0.15, 0.2) is 36.4 Å². The Morgan fingerprint density at radius 3 is 2.37 bits per heavy atom. The molecule has 0 aliphatic rings. The lowest BCUT2D eigenvalue weighted by atomic mass is 10.1. The van der Waals surface area contributed by atoms with Crippen molar-refractivity contribution in [3.63, 3.8) is 0 Å². The summed E-state index contributed by atoms with van der Waals surface area (Å²) in [5.74, 6) is -1.19. The van der Waals surface area contributed by atoms with Crippen molar-refractivity contribution in [3.8, 4) is 22.8 Å². The summed E-state index contributed by atoms with van der Waals surface area (Å²) in [5, 5.41) is 10.8. The Morgan fingerprint density at radius 1 is 1.19 bits per heavy atom. The third-order valence-electron chi connectivity index (χ3n) is 4.02. The zero-order chi connectivity index (χ0) is 19.9. The second-order valence-corrected chi connectivity index (χ2v) is 6.75. The minimum Gasteiger partial charge on any atom is -0.507 e. The highest BCUT2D eigenvalue weighted by Crippen LogP contribution is 2.38. The number of esters is 1. The van der Waals surface area contributed by atoms with Crippen molar-refractivity contribution in [1.29, 1.82) is 0 Å². The fraction of sp³-hybridized carbons (Fsp3) is 0.167. The molecule has 27 heavy (non-hydrogen) atoms. The van der Waals surface area contributed by atoms with Crippen molar-refractivity contribution in [3.05, 3.63) is 45.5 Å². The number of nitrogens with zero attached hydrogens (tertiary/aromatic N) is 1. The number of benzene rings is 2. The molecule has 1 heterocycles. The number of carbonyl (C=O) groups is 1. The van der Waals surface area contributed by atoms with Gasteiger partial charge in [0, 0.05) is 22.1 Å². The molecule has 3 rings (SSSR count). The number of ether oxygens (including phenoxy) is 2. The van der Waals surface area contributed by atoms with Gasteiger partial charge in [0.2, 0.25) is 0 Å². The summed E-state index contributed by atoms with van der Waals surface area (Å²) in [7, 11) is 2.98. The minimum absolute atomic E-state index is 0.0361. The standard InChI is InChI=1S/C18H13F3INO4/c1-23-13-8-14(24)12(17(25)26-2)7-11(13)15(22)16(23)9-3-5-10(6-4-9)27-18(19,20)21/h3-8,24H,1-2H3.